The Morgan fingerprint density at radius 2 is 1.85 bits per heavy atom. The highest BCUT2D eigenvalue weighted by Gasteiger charge is 2.09. The molecule has 20 heavy (non-hydrogen) atoms. The van der Waals surface area contributed by atoms with Crippen molar-refractivity contribution in [3.05, 3.63) is 58.8 Å². The molecular formula is C15H10BrN3O. The fourth-order valence-corrected chi connectivity index (χ4v) is 2.41. The molecule has 0 radical (unpaired) electrons. The Kier molecular flexibility index (Phi) is 3.43. The van der Waals surface area contributed by atoms with Gasteiger partial charge in [-0.1, -0.05) is 51.4 Å². The van der Waals surface area contributed by atoms with E-state index in [0.29, 0.717) is 5.82 Å². The van der Waals surface area contributed by atoms with Crippen LogP contribution in [0.4, 0.5) is 0 Å². The molecule has 98 valence electrons. The highest BCUT2D eigenvalue weighted by atomic mass is 79.9. The molecule has 0 atom stereocenters. The van der Waals surface area contributed by atoms with Gasteiger partial charge >= 0.3 is 0 Å². The minimum absolute atomic E-state index is 0.376. The normalized spacial score (nSPS) is 11.2. The molecule has 0 aliphatic heterocycles. The van der Waals surface area contributed by atoms with E-state index in [4.69, 9.17) is 5.21 Å². The quantitative estimate of drug-likeness (QED) is 0.441. The number of halogens is 1. The summed E-state index contributed by atoms with van der Waals surface area (Å²) in [4.78, 5) is 8.81. The molecule has 1 aromatic heterocycles. The zero-order valence-electron chi connectivity index (χ0n) is 10.4. The second-order valence-corrected chi connectivity index (χ2v) is 5.12. The smallest absolute Gasteiger partial charge is 0.175 e. The molecule has 2 aromatic carbocycles. The number of hydrogen-bond donors (Lipinski definition) is 1. The van der Waals surface area contributed by atoms with Crippen LogP contribution in [0.3, 0.4) is 0 Å². The van der Waals surface area contributed by atoms with Crippen molar-refractivity contribution in [1.82, 2.24) is 9.97 Å². The molecule has 5 heteroatoms. The zero-order chi connectivity index (χ0) is 13.9. The summed E-state index contributed by atoms with van der Waals surface area (Å²) >= 11 is 3.47. The Morgan fingerprint density at radius 1 is 1.05 bits per heavy atom. The Balaban J connectivity index is 2.34. The lowest BCUT2D eigenvalue weighted by atomic mass is 10.1. The SMILES string of the molecule is ON=Cc1nc(-c2ccccc2)c2cc(Br)ccc2n1. The molecule has 0 spiro atoms. The molecule has 0 unspecified atom stereocenters. The summed E-state index contributed by atoms with van der Waals surface area (Å²) < 4.78 is 0.967. The third-order valence-corrected chi connectivity index (χ3v) is 3.39. The number of oxime groups is 1. The van der Waals surface area contributed by atoms with Gasteiger partial charge in [-0.3, -0.25) is 0 Å². The van der Waals surface area contributed by atoms with Crippen LogP contribution in [0.5, 0.6) is 0 Å². The van der Waals surface area contributed by atoms with Crippen LogP contribution in [-0.4, -0.2) is 21.4 Å². The van der Waals surface area contributed by atoms with Gasteiger partial charge in [0.15, 0.2) is 5.82 Å². The fourth-order valence-electron chi connectivity index (χ4n) is 2.04. The van der Waals surface area contributed by atoms with E-state index in [2.05, 4.69) is 31.1 Å². The second-order valence-electron chi connectivity index (χ2n) is 4.20. The van der Waals surface area contributed by atoms with Gasteiger partial charge in [0.25, 0.3) is 0 Å². The molecule has 0 aliphatic rings. The van der Waals surface area contributed by atoms with Crippen molar-refractivity contribution in [3.63, 3.8) is 0 Å². The van der Waals surface area contributed by atoms with E-state index in [1.807, 2.05) is 48.5 Å². The molecular weight excluding hydrogens is 318 g/mol. The molecule has 0 bridgehead atoms. The monoisotopic (exact) mass is 327 g/mol. The molecule has 0 aliphatic carbocycles. The highest BCUT2D eigenvalue weighted by Crippen LogP contribution is 2.28. The first kappa shape index (κ1) is 12.7. The predicted octanol–water partition coefficient (Wildman–Crippen LogP) is 3.87. The second kappa shape index (κ2) is 5.38. The van der Waals surface area contributed by atoms with Gasteiger partial charge in [0.1, 0.15) is 6.21 Å². The Morgan fingerprint density at radius 3 is 2.60 bits per heavy atom. The van der Waals surface area contributed by atoms with Gasteiger partial charge in [-0.25, -0.2) is 9.97 Å². The average molecular weight is 328 g/mol. The lowest BCUT2D eigenvalue weighted by molar-refractivity contribution is 0.321. The third-order valence-electron chi connectivity index (χ3n) is 2.90. The highest BCUT2D eigenvalue weighted by molar-refractivity contribution is 9.10. The van der Waals surface area contributed by atoms with Crippen LogP contribution in [0.2, 0.25) is 0 Å². The summed E-state index contributed by atoms with van der Waals surface area (Å²) in [5.41, 5.74) is 2.61. The van der Waals surface area contributed by atoms with Crippen molar-refractivity contribution >= 4 is 33.0 Å². The third kappa shape index (κ3) is 2.40. The van der Waals surface area contributed by atoms with Crippen LogP contribution >= 0.6 is 15.9 Å². The summed E-state index contributed by atoms with van der Waals surface area (Å²) in [7, 11) is 0. The summed E-state index contributed by atoms with van der Waals surface area (Å²) in [6.07, 6.45) is 1.23. The first-order valence-electron chi connectivity index (χ1n) is 5.98. The number of nitrogens with zero attached hydrogens (tertiary/aromatic N) is 3. The van der Waals surface area contributed by atoms with Gasteiger partial charge in [-0.15, -0.1) is 0 Å². The fraction of sp³-hybridized carbons (Fsp3) is 0. The van der Waals surface area contributed by atoms with Crippen LogP contribution in [-0.2, 0) is 0 Å². The number of aromatic nitrogens is 2. The molecule has 0 amide bonds. The molecule has 0 fully saturated rings. The van der Waals surface area contributed by atoms with Crippen molar-refractivity contribution < 1.29 is 5.21 Å². The van der Waals surface area contributed by atoms with Crippen molar-refractivity contribution in [3.8, 4) is 11.3 Å². The Labute approximate surface area is 123 Å². The maximum absolute atomic E-state index is 8.68. The maximum atomic E-state index is 8.68. The van der Waals surface area contributed by atoms with Crippen molar-refractivity contribution in [1.29, 1.82) is 0 Å². The summed E-state index contributed by atoms with van der Waals surface area (Å²) in [5, 5.41) is 12.6. The lowest BCUT2D eigenvalue weighted by Gasteiger charge is -2.07. The molecule has 4 nitrogen and oxygen atoms in total. The minimum Gasteiger partial charge on any atom is -0.411 e. The van der Waals surface area contributed by atoms with Crippen LogP contribution in [0.15, 0.2) is 58.2 Å². The van der Waals surface area contributed by atoms with E-state index >= 15 is 0 Å². The standard InChI is InChI=1S/C15H10BrN3O/c16-11-6-7-13-12(8-11)15(10-4-2-1-3-5-10)19-14(18-13)9-17-20/h1-9,20H. The topological polar surface area (TPSA) is 58.4 Å². The number of hydrogen-bond acceptors (Lipinski definition) is 4. The van der Waals surface area contributed by atoms with E-state index in [-0.39, 0.29) is 0 Å². The number of benzene rings is 2. The van der Waals surface area contributed by atoms with Gasteiger partial charge in [0.2, 0.25) is 0 Å². The maximum Gasteiger partial charge on any atom is 0.175 e. The zero-order valence-corrected chi connectivity index (χ0v) is 11.9. The van der Waals surface area contributed by atoms with Crippen LogP contribution in [0.1, 0.15) is 5.82 Å². The lowest BCUT2D eigenvalue weighted by Crippen LogP contribution is -1.97. The van der Waals surface area contributed by atoms with Gasteiger partial charge in [-0.05, 0) is 18.2 Å². The minimum atomic E-state index is 0.376. The molecule has 0 saturated carbocycles. The first-order valence-corrected chi connectivity index (χ1v) is 6.77. The van der Waals surface area contributed by atoms with Crippen molar-refractivity contribution in [2.75, 3.05) is 0 Å². The Hall–Kier alpha value is -2.27. The van der Waals surface area contributed by atoms with Gasteiger partial charge < -0.3 is 5.21 Å². The van der Waals surface area contributed by atoms with Crippen LogP contribution < -0.4 is 0 Å². The van der Waals surface area contributed by atoms with Crippen molar-refractivity contribution in [2.45, 2.75) is 0 Å². The van der Waals surface area contributed by atoms with E-state index < -0.39 is 0 Å². The van der Waals surface area contributed by atoms with E-state index in [1.165, 1.54) is 6.21 Å². The summed E-state index contributed by atoms with van der Waals surface area (Å²) in [6, 6.07) is 15.7. The molecule has 0 saturated heterocycles. The Bertz CT molecular complexity index is 788. The first-order chi connectivity index (χ1) is 9.78. The summed E-state index contributed by atoms with van der Waals surface area (Å²) in [5.74, 6) is 0.376. The van der Waals surface area contributed by atoms with Gasteiger partial charge in [0.05, 0.1) is 11.2 Å². The van der Waals surface area contributed by atoms with E-state index in [0.717, 1.165) is 26.6 Å². The van der Waals surface area contributed by atoms with Crippen molar-refractivity contribution in [2.24, 2.45) is 5.16 Å². The van der Waals surface area contributed by atoms with E-state index in [9.17, 15) is 0 Å². The van der Waals surface area contributed by atoms with Crippen LogP contribution in [0, 0.1) is 0 Å². The number of rotatable bonds is 2. The predicted molar refractivity (Wildman–Crippen MR) is 82.1 cm³/mol. The molecule has 1 heterocycles. The van der Waals surface area contributed by atoms with Crippen LogP contribution in [0.25, 0.3) is 22.2 Å². The summed E-state index contributed by atoms with van der Waals surface area (Å²) in [6.45, 7) is 0. The number of fused-ring (bicyclic) bond motifs is 1. The largest absolute Gasteiger partial charge is 0.411 e. The average Bonchev–Trinajstić information content (AvgIpc) is 2.48. The molecule has 3 rings (SSSR count). The molecule has 1 N–H and O–H groups in total. The van der Waals surface area contributed by atoms with E-state index in [1.54, 1.807) is 0 Å². The van der Waals surface area contributed by atoms with Gasteiger partial charge in [-0.2, -0.15) is 0 Å². The van der Waals surface area contributed by atoms with Gasteiger partial charge in [0, 0.05) is 15.4 Å². The molecule has 3 aromatic rings.